The summed E-state index contributed by atoms with van der Waals surface area (Å²) in [5, 5.41) is 0.644. The van der Waals surface area contributed by atoms with Crippen LogP contribution < -0.4 is 5.73 Å². The van der Waals surface area contributed by atoms with Crippen LogP contribution in [0.3, 0.4) is 0 Å². The predicted octanol–water partition coefficient (Wildman–Crippen LogP) is 4.14. The van der Waals surface area contributed by atoms with E-state index in [0.29, 0.717) is 10.6 Å². The van der Waals surface area contributed by atoms with E-state index in [-0.39, 0.29) is 5.82 Å². The number of halogens is 2. The molecule has 3 heteroatoms. The smallest absolute Gasteiger partial charge is 0.126 e. The SMILES string of the molecule is Cc1ccc(C(N)c2cccc(C)c2Cl)cc1F. The molecule has 94 valence electrons. The Morgan fingerprint density at radius 1 is 1.11 bits per heavy atom. The van der Waals surface area contributed by atoms with Gasteiger partial charge < -0.3 is 5.73 Å². The summed E-state index contributed by atoms with van der Waals surface area (Å²) in [5.74, 6) is -0.244. The van der Waals surface area contributed by atoms with E-state index in [1.54, 1.807) is 13.0 Å². The van der Waals surface area contributed by atoms with Crippen LogP contribution in [-0.2, 0) is 0 Å². The van der Waals surface area contributed by atoms with Crippen LogP contribution in [0.1, 0.15) is 28.3 Å². The quantitative estimate of drug-likeness (QED) is 0.866. The minimum absolute atomic E-state index is 0.244. The van der Waals surface area contributed by atoms with Crippen molar-refractivity contribution in [2.75, 3.05) is 0 Å². The summed E-state index contributed by atoms with van der Waals surface area (Å²) in [5.41, 5.74) is 9.28. The monoisotopic (exact) mass is 263 g/mol. The summed E-state index contributed by atoms with van der Waals surface area (Å²) in [6, 6.07) is 10.3. The Morgan fingerprint density at radius 3 is 2.50 bits per heavy atom. The lowest BCUT2D eigenvalue weighted by molar-refractivity contribution is 0.614. The number of benzene rings is 2. The van der Waals surface area contributed by atoms with Gasteiger partial charge in [0.2, 0.25) is 0 Å². The lowest BCUT2D eigenvalue weighted by Crippen LogP contribution is -2.13. The molecule has 1 nitrogen and oxygen atoms in total. The maximum absolute atomic E-state index is 13.5. The molecule has 0 fully saturated rings. The molecule has 0 saturated carbocycles. The Morgan fingerprint density at radius 2 is 1.83 bits per heavy atom. The summed E-state index contributed by atoms with van der Waals surface area (Å²) in [4.78, 5) is 0. The van der Waals surface area contributed by atoms with E-state index in [1.807, 2.05) is 31.2 Å². The predicted molar refractivity (Wildman–Crippen MR) is 73.4 cm³/mol. The van der Waals surface area contributed by atoms with Gasteiger partial charge in [0.1, 0.15) is 5.82 Å². The molecule has 18 heavy (non-hydrogen) atoms. The normalized spacial score (nSPS) is 12.5. The third-order valence-electron chi connectivity index (χ3n) is 3.11. The van der Waals surface area contributed by atoms with Crippen molar-refractivity contribution in [1.82, 2.24) is 0 Å². The summed E-state index contributed by atoms with van der Waals surface area (Å²) in [7, 11) is 0. The number of hydrogen-bond acceptors (Lipinski definition) is 1. The maximum Gasteiger partial charge on any atom is 0.126 e. The van der Waals surface area contributed by atoms with Gasteiger partial charge in [-0.05, 0) is 42.2 Å². The molecule has 2 aromatic rings. The fraction of sp³-hybridized carbons (Fsp3) is 0.200. The van der Waals surface area contributed by atoms with Gasteiger partial charge >= 0.3 is 0 Å². The highest BCUT2D eigenvalue weighted by Gasteiger charge is 2.14. The Bertz CT molecular complexity index is 581. The van der Waals surface area contributed by atoms with E-state index in [0.717, 1.165) is 16.7 Å². The van der Waals surface area contributed by atoms with E-state index >= 15 is 0 Å². The molecule has 0 spiro atoms. The average Bonchev–Trinajstić information content (AvgIpc) is 2.35. The first-order valence-electron chi connectivity index (χ1n) is 5.77. The number of nitrogens with two attached hydrogens (primary N) is 1. The molecular weight excluding hydrogens is 249 g/mol. The fourth-order valence-corrected chi connectivity index (χ4v) is 2.14. The van der Waals surface area contributed by atoms with Crippen molar-refractivity contribution in [3.05, 3.63) is 69.5 Å². The molecule has 1 unspecified atom stereocenters. The zero-order valence-electron chi connectivity index (χ0n) is 10.4. The standard InChI is InChI=1S/C15H15ClFN/c1-9-6-7-11(8-13(9)17)15(18)12-5-3-4-10(2)14(12)16/h3-8,15H,18H2,1-2H3. The maximum atomic E-state index is 13.5. The topological polar surface area (TPSA) is 26.0 Å². The number of hydrogen-bond donors (Lipinski definition) is 1. The first-order valence-corrected chi connectivity index (χ1v) is 6.15. The summed E-state index contributed by atoms with van der Waals surface area (Å²) < 4.78 is 13.5. The number of aryl methyl sites for hydroxylation is 2. The van der Waals surface area contributed by atoms with Gasteiger partial charge in [-0.3, -0.25) is 0 Å². The van der Waals surface area contributed by atoms with Gasteiger partial charge in [-0.1, -0.05) is 41.9 Å². The van der Waals surface area contributed by atoms with Gasteiger partial charge in [0.05, 0.1) is 6.04 Å². The van der Waals surface area contributed by atoms with E-state index in [4.69, 9.17) is 17.3 Å². The lowest BCUT2D eigenvalue weighted by Gasteiger charge is -2.16. The van der Waals surface area contributed by atoms with Crippen molar-refractivity contribution >= 4 is 11.6 Å². The molecule has 1 atom stereocenters. The molecule has 0 saturated heterocycles. The van der Waals surface area contributed by atoms with Crippen LogP contribution in [0.15, 0.2) is 36.4 Å². The Labute approximate surface area is 111 Å². The Kier molecular flexibility index (Phi) is 3.69. The van der Waals surface area contributed by atoms with E-state index in [1.165, 1.54) is 6.07 Å². The number of rotatable bonds is 2. The van der Waals surface area contributed by atoms with Gasteiger partial charge in [0.25, 0.3) is 0 Å². The molecule has 0 heterocycles. The molecule has 0 aromatic heterocycles. The zero-order chi connectivity index (χ0) is 13.3. The second-order valence-corrected chi connectivity index (χ2v) is 4.84. The van der Waals surface area contributed by atoms with Crippen molar-refractivity contribution in [3.8, 4) is 0 Å². The first-order chi connectivity index (χ1) is 8.50. The molecule has 2 rings (SSSR count). The Hall–Kier alpha value is -1.38. The van der Waals surface area contributed by atoms with Crippen molar-refractivity contribution in [1.29, 1.82) is 0 Å². The van der Waals surface area contributed by atoms with Gasteiger partial charge in [0.15, 0.2) is 0 Å². The van der Waals surface area contributed by atoms with E-state index in [9.17, 15) is 4.39 Å². The van der Waals surface area contributed by atoms with Gasteiger partial charge in [-0.25, -0.2) is 4.39 Å². The second kappa shape index (κ2) is 5.09. The Balaban J connectivity index is 2.44. The average molecular weight is 264 g/mol. The third kappa shape index (κ3) is 2.40. The molecule has 0 radical (unpaired) electrons. The molecule has 2 aromatic carbocycles. The van der Waals surface area contributed by atoms with Crippen molar-refractivity contribution in [2.24, 2.45) is 5.73 Å². The lowest BCUT2D eigenvalue weighted by atomic mass is 9.97. The highest BCUT2D eigenvalue weighted by molar-refractivity contribution is 6.32. The van der Waals surface area contributed by atoms with Crippen LogP contribution in [0, 0.1) is 19.7 Å². The minimum Gasteiger partial charge on any atom is -0.320 e. The van der Waals surface area contributed by atoms with Crippen LogP contribution in [0.5, 0.6) is 0 Å². The highest BCUT2D eigenvalue weighted by Crippen LogP contribution is 2.29. The molecule has 0 amide bonds. The minimum atomic E-state index is -0.410. The first kappa shape index (κ1) is 13.1. The van der Waals surface area contributed by atoms with E-state index in [2.05, 4.69) is 0 Å². The van der Waals surface area contributed by atoms with Crippen molar-refractivity contribution < 1.29 is 4.39 Å². The van der Waals surface area contributed by atoms with Crippen LogP contribution in [0.25, 0.3) is 0 Å². The molecule has 0 bridgehead atoms. The molecule has 0 aliphatic rings. The van der Waals surface area contributed by atoms with Crippen LogP contribution in [0.2, 0.25) is 5.02 Å². The summed E-state index contributed by atoms with van der Waals surface area (Å²) in [6.45, 7) is 3.65. The summed E-state index contributed by atoms with van der Waals surface area (Å²) >= 11 is 6.24. The highest BCUT2D eigenvalue weighted by atomic mass is 35.5. The van der Waals surface area contributed by atoms with Gasteiger partial charge in [-0.2, -0.15) is 0 Å². The molecular formula is C15H15ClFN. The molecule has 0 aliphatic carbocycles. The second-order valence-electron chi connectivity index (χ2n) is 4.46. The largest absolute Gasteiger partial charge is 0.320 e. The van der Waals surface area contributed by atoms with Crippen molar-refractivity contribution in [3.63, 3.8) is 0 Å². The fourth-order valence-electron chi connectivity index (χ4n) is 1.89. The van der Waals surface area contributed by atoms with Crippen LogP contribution in [-0.4, -0.2) is 0 Å². The van der Waals surface area contributed by atoms with E-state index < -0.39 is 6.04 Å². The zero-order valence-corrected chi connectivity index (χ0v) is 11.1. The van der Waals surface area contributed by atoms with Gasteiger partial charge in [0, 0.05) is 5.02 Å². The summed E-state index contributed by atoms with van der Waals surface area (Å²) in [6.07, 6.45) is 0. The molecule has 0 aliphatic heterocycles. The van der Waals surface area contributed by atoms with Crippen molar-refractivity contribution in [2.45, 2.75) is 19.9 Å². The molecule has 2 N–H and O–H groups in total. The van der Waals surface area contributed by atoms with Crippen LogP contribution >= 0.6 is 11.6 Å². The third-order valence-corrected chi connectivity index (χ3v) is 3.63. The van der Waals surface area contributed by atoms with Crippen LogP contribution in [0.4, 0.5) is 4.39 Å². The van der Waals surface area contributed by atoms with Gasteiger partial charge in [-0.15, -0.1) is 0 Å².